The quantitative estimate of drug-likeness (QED) is 0.488. The molecule has 7 nitrogen and oxygen atoms in total. The van der Waals surface area contributed by atoms with Crippen LogP contribution in [-0.4, -0.2) is 50.2 Å². The highest BCUT2D eigenvalue weighted by atomic mass is 16.6. The number of aryl methyl sites for hydroxylation is 1. The number of hydrogen-bond donors (Lipinski definition) is 4. The average Bonchev–Trinajstić information content (AvgIpc) is 2.57. The molecular formula is C10H14N2O5. The molecule has 0 aromatic carbocycles. The van der Waals surface area contributed by atoms with Crippen molar-refractivity contribution in [3.8, 4) is 0 Å². The van der Waals surface area contributed by atoms with Gasteiger partial charge in [0, 0.05) is 5.69 Å². The molecule has 1 fully saturated rings. The minimum atomic E-state index is -1.18. The minimum Gasteiger partial charge on any atom is -0.394 e. The van der Waals surface area contributed by atoms with Gasteiger partial charge in [0.25, 0.3) is 5.56 Å². The van der Waals surface area contributed by atoms with Gasteiger partial charge in [-0.1, -0.05) is 0 Å². The summed E-state index contributed by atoms with van der Waals surface area (Å²) in [6.45, 7) is 1.23. The number of aromatic nitrogens is 2. The van der Waals surface area contributed by atoms with Crippen molar-refractivity contribution in [3.05, 3.63) is 27.9 Å². The third-order valence-electron chi connectivity index (χ3n) is 2.83. The molecule has 1 aromatic rings. The normalized spacial score (nSPS) is 32.9. The monoisotopic (exact) mass is 242 g/mol. The van der Waals surface area contributed by atoms with E-state index in [2.05, 4.69) is 9.97 Å². The third kappa shape index (κ3) is 2.09. The molecule has 1 saturated heterocycles. The maximum absolute atomic E-state index is 11.0. The molecule has 1 aromatic heterocycles. The Bertz CT molecular complexity index is 460. The van der Waals surface area contributed by atoms with E-state index in [1.165, 1.54) is 0 Å². The Morgan fingerprint density at radius 3 is 2.71 bits per heavy atom. The van der Waals surface area contributed by atoms with Crippen LogP contribution in [-0.2, 0) is 4.74 Å². The van der Waals surface area contributed by atoms with E-state index < -0.39 is 31.0 Å². The number of rotatable bonds is 2. The molecule has 1 aliphatic heterocycles. The molecule has 4 atom stereocenters. The Balaban J connectivity index is 2.32. The Hall–Kier alpha value is -1.28. The van der Waals surface area contributed by atoms with Gasteiger partial charge in [0.15, 0.2) is 0 Å². The number of nitrogens with zero attached hydrogens (tertiary/aromatic N) is 1. The summed E-state index contributed by atoms with van der Waals surface area (Å²) in [6.07, 6.45) is -2.96. The lowest BCUT2D eigenvalue weighted by Gasteiger charge is -2.15. The summed E-state index contributed by atoms with van der Waals surface area (Å²) < 4.78 is 5.31. The molecule has 0 spiro atoms. The molecule has 0 saturated carbocycles. The molecule has 1 unspecified atom stereocenters. The third-order valence-corrected chi connectivity index (χ3v) is 2.83. The molecule has 0 radical (unpaired) electrons. The lowest BCUT2D eigenvalue weighted by atomic mass is 10.0. The van der Waals surface area contributed by atoms with Gasteiger partial charge < -0.3 is 25.0 Å². The van der Waals surface area contributed by atoms with Gasteiger partial charge in [-0.2, -0.15) is 0 Å². The predicted octanol–water partition coefficient (Wildman–Crippen LogP) is -1.77. The van der Waals surface area contributed by atoms with Gasteiger partial charge in [-0.15, -0.1) is 0 Å². The first kappa shape index (κ1) is 12.2. The molecule has 0 amide bonds. The second-order valence-corrected chi connectivity index (χ2v) is 4.02. The smallest absolute Gasteiger partial charge is 0.266 e. The molecule has 17 heavy (non-hydrogen) atoms. The zero-order valence-corrected chi connectivity index (χ0v) is 9.20. The van der Waals surface area contributed by atoms with E-state index in [-0.39, 0.29) is 5.56 Å². The number of aliphatic hydroxyl groups excluding tert-OH is 3. The fraction of sp³-hybridized carbons (Fsp3) is 0.600. The van der Waals surface area contributed by atoms with Crippen LogP contribution >= 0.6 is 0 Å². The first-order valence-corrected chi connectivity index (χ1v) is 5.23. The second kappa shape index (κ2) is 4.53. The maximum atomic E-state index is 11.0. The largest absolute Gasteiger partial charge is 0.394 e. The van der Waals surface area contributed by atoms with Crippen LogP contribution in [0.15, 0.2) is 11.0 Å². The number of aliphatic hydroxyl groups is 3. The van der Waals surface area contributed by atoms with Crippen molar-refractivity contribution in [1.29, 1.82) is 0 Å². The zero-order valence-electron chi connectivity index (χ0n) is 9.20. The molecule has 7 heteroatoms. The maximum Gasteiger partial charge on any atom is 0.266 e. The van der Waals surface area contributed by atoms with Crippen LogP contribution in [0.25, 0.3) is 0 Å². The van der Waals surface area contributed by atoms with Crippen LogP contribution in [0.2, 0.25) is 0 Å². The van der Waals surface area contributed by atoms with E-state index in [9.17, 15) is 15.0 Å². The summed E-state index contributed by atoms with van der Waals surface area (Å²) in [5.74, 6) is 0. The van der Waals surface area contributed by atoms with Crippen molar-refractivity contribution in [2.24, 2.45) is 0 Å². The highest BCUT2D eigenvalue weighted by Crippen LogP contribution is 2.32. The van der Waals surface area contributed by atoms with Crippen LogP contribution in [0.4, 0.5) is 0 Å². The lowest BCUT2D eigenvalue weighted by molar-refractivity contribution is -0.0242. The van der Waals surface area contributed by atoms with Gasteiger partial charge in [0.1, 0.15) is 24.4 Å². The van der Waals surface area contributed by atoms with Crippen molar-refractivity contribution < 1.29 is 20.1 Å². The summed E-state index contributed by atoms with van der Waals surface area (Å²) in [5.41, 5.74) is 0.470. The van der Waals surface area contributed by atoms with Crippen LogP contribution in [0.3, 0.4) is 0 Å². The average molecular weight is 242 g/mol. The van der Waals surface area contributed by atoms with E-state index in [0.29, 0.717) is 11.4 Å². The van der Waals surface area contributed by atoms with Gasteiger partial charge in [0.2, 0.25) is 0 Å². The van der Waals surface area contributed by atoms with Crippen LogP contribution < -0.4 is 5.56 Å². The summed E-state index contributed by atoms with van der Waals surface area (Å²) in [6, 6.07) is 0. The van der Waals surface area contributed by atoms with E-state index in [1.807, 2.05) is 0 Å². The van der Waals surface area contributed by atoms with Crippen LogP contribution in [0.5, 0.6) is 0 Å². The molecule has 4 N–H and O–H groups in total. The van der Waals surface area contributed by atoms with Gasteiger partial charge in [-0.05, 0) is 6.92 Å². The van der Waals surface area contributed by atoms with Crippen molar-refractivity contribution in [1.82, 2.24) is 9.97 Å². The summed E-state index contributed by atoms with van der Waals surface area (Å²) in [7, 11) is 0. The number of aromatic amines is 1. The molecule has 0 bridgehead atoms. The molecule has 1 aliphatic rings. The summed E-state index contributed by atoms with van der Waals surface area (Å²) in [4.78, 5) is 17.4. The van der Waals surface area contributed by atoms with Crippen molar-refractivity contribution in [3.63, 3.8) is 0 Å². The fourth-order valence-electron chi connectivity index (χ4n) is 1.92. The Kier molecular flexibility index (Phi) is 3.25. The first-order chi connectivity index (χ1) is 8.04. The molecule has 0 aliphatic carbocycles. The number of ether oxygens (including phenoxy) is 1. The van der Waals surface area contributed by atoms with E-state index in [4.69, 9.17) is 9.84 Å². The van der Waals surface area contributed by atoms with E-state index in [0.717, 1.165) is 6.20 Å². The van der Waals surface area contributed by atoms with E-state index in [1.54, 1.807) is 6.92 Å². The van der Waals surface area contributed by atoms with Crippen molar-refractivity contribution in [2.45, 2.75) is 31.3 Å². The topological polar surface area (TPSA) is 116 Å². The Morgan fingerprint density at radius 2 is 2.18 bits per heavy atom. The van der Waals surface area contributed by atoms with Crippen molar-refractivity contribution >= 4 is 0 Å². The van der Waals surface area contributed by atoms with Gasteiger partial charge in [0.05, 0.1) is 18.5 Å². The molecule has 94 valence electrons. The number of H-pyrrole nitrogens is 1. The van der Waals surface area contributed by atoms with Crippen LogP contribution in [0, 0.1) is 6.92 Å². The highest BCUT2D eigenvalue weighted by molar-refractivity contribution is 5.16. The van der Waals surface area contributed by atoms with Gasteiger partial charge in [-0.25, -0.2) is 0 Å². The molecular weight excluding hydrogens is 228 g/mol. The van der Waals surface area contributed by atoms with Gasteiger partial charge >= 0.3 is 0 Å². The fourth-order valence-corrected chi connectivity index (χ4v) is 1.92. The Labute approximate surface area is 96.7 Å². The minimum absolute atomic E-state index is 0.349. The standard InChI is InChI=1S/C10H14N2O5/c1-4-7(11-2-6(14)12-4)10-9(16)8(15)5(3-13)17-10/h2,5,8-10,13,15-16H,3H2,1H3,(H,12,14)/t5-,8+,9?,10+/m1/s1. The zero-order chi connectivity index (χ0) is 12.6. The highest BCUT2D eigenvalue weighted by Gasteiger charge is 2.44. The van der Waals surface area contributed by atoms with Crippen LogP contribution in [0.1, 0.15) is 17.5 Å². The van der Waals surface area contributed by atoms with Crippen molar-refractivity contribution in [2.75, 3.05) is 6.61 Å². The molecule has 2 heterocycles. The predicted molar refractivity (Wildman–Crippen MR) is 56.3 cm³/mol. The van der Waals surface area contributed by atoms with E-state index >= 15 is 0 Å². The molecule has 2 rings (SSSR count). The Morgan fingerprint density at radius 1 is 1.47 bits per heavy atom. The lowest BCUT2D eigenvalue weighted by Crippen LogP contribution is -2.32. The van der Waals surface area contributed by atoms with Gasteiger partial charge in [-0.3, -0.25) is 9.78 Å². The summed E-state index contributed by atoms with van der Waals surface area (Å²) in [5, 5.41) is 28.3. The second-order valence-electron chi connectivity index (χ2n) is 4.02. The first-order valence-electron chi connectivity index (χ1n) is 5.23. The number of hydrogen-bond acceptors (Lipinski definition) is 6. The number of nitrogens with one attached hydrogen (secondary N) is 1. The summed E-state index contributed by atoms with van der Waals surface area (Å²) >= 11 is 0. The SMILES string of the molecule is Cc1[nH]c(=O)cnc1[C@@H]1O[C@H](CO)[C@H](O)C1O.